The number of hydrogen-bond acceptors (Lipinski definition) is 5. The van der Waals surface area contributed by atoms with Crippen molar-refractivity contribution in [1.29, 1.82) is 0 Å². The van der Waals surface area contributed by atoms with Crippen molar-refractivity contribution < 1.29 is 4.42 Å². The molecule has 3 aromatic heterocycles. The maximum Gasteiger partial charge on any atom is 0.231 e. The van der Waals surface area contributed by atoms with E-state index in [1.54, 1.807) is 12.4 Å². The molecule has 0 amide bonds. The Morgan fingerprint density at radius 1 is 1.21 bits per heavy atom. The van der Waals surface area contributed by atoms with Crippen molar-refractivity contribution in [3.8, 4) is 11.5 Å². The Labute approximate surface area is 168 Å². The predicted molar refractivity (Wildman–Crippen MR) is 113 cm³/mol. The number of rotatable bonds is 4. The normalized spacial score (nSPS) is 13.7. The minimum absolute atomic E-state index is 0.107. The molecule has 0 aliphatic heterocycles. The van der Waals surface area contributed by atoms with Crippen LogP contribution in [-0.2, 0) is 19.4 Å². The van der Waals surface area contributed by atoms with Gasteiger partial charge in [0.1, 0.15) is 17.5 Å². The molecule has 1 aliphatic rings. The van der Waals surface area contributed by atoms with E-state index in [0.717, 1.165) is 18.5 Å². The zero-order valence-corrected chi connectivity index (χ0v) is 16.5. The highest BCUT2D eigenvalue weighted by Gasteiger charge is 2.25. The third-order valence-electron chi connectivity index (χ3n) is 5.89. The number of hydrogen-bond donors (Lipinski definition) is 0. The number of oxazole rings is 1. The monoisotopic (exact) mass is 386 g/mol. The highest BCUT2D eigenvalue weighted by Crippen LogP contribution is 2.29. The van der Waals surface area contributed by atoms with Crippen LogP contribution in [0.3, 0.4) is 0 Å². The SMILES string of the molecule is CCn1cc(-c2ncco2)c(=O)c2cc(N(C)C3Cc4ccccc4C3)cnc21. The first-order valence-electron chi connectivity index (χ1n) is 9.88. The van der Waals surface area contributed by atoms with Crippen molar-refractivity contribution in [2.24, 2.45) is 0 Å². The maximum absolute atomic E-state index is 13.2. The number of aryl methyl sites for hydroxylation is 1. The molecule has 3 heterocycles. The lowest BCUT2D eigenvalue weighted by molar-refractivity contribution is 0.573. The second-order valence-electron chi connectivity index (χ2n) is 7.50. The van der Waals surface area contributed by atoms with Gasteiger partial charge < -0.3 is 13.9 Å². The number of pyridine rings is 2. The van der Waals surface area contributed by atoms with Gasteiger partial charge in [0.15, 0.2) is 0 Å². The fraction of sp³-hybridized carbons (Fsp3) is 0.261. The van der Waals surface area contributed by atoms with Gasteiger partial charge in [-0.25, -0.2) is 9.97 Å². The number of likely N-dealkylation sites (N-methyl/N-ethyl adjacent to an activating group) is 1. The molecule has 29 heavy (non-hydrogen) atoms. The molecule has 5 rings (SSSR count). The third kappa shape index (κ3) is 2.92. The molecule has 6 heteroatoms. The van der Waals surface area contributed by atoms with Crippen LogP contribution in [0.15, 0.2) is 64.4 Å². The van der Waals surface area contributed by atoms with Gasteiger partial charge in [0.2, 0.25) is 11.3 Å². The lowest BCUT2D eigenvalue weighted by Crippen LogP contribution is -2.32. The van der Waals surface area contributed by atoms with E-state index in [1.807, 2.05) is 23.8 Å². The molecular formula is C23H22N4O2. The standard InChI is InChI=1S/C23H22N4O2/c1-3-27-14-20(23-24-8-9-29-23)21(28)19-12-18(13-25-22(19)27)26(2)17-10-15-6-4-5-7-16(15)11-17/h4-9,12-14,17H,3,10-11H2,1-2H3. The van der Waals surface area contributed by atoms with Gasteiger partial charge in [0.05, 0.1) is 23.5 Å². The minimum atomic E-state index is -0.107. The van der Waals surface area contributed by atoms with E-state index in [1.165, 1.54) is 17.4 Å². The predicted octanol–water partition coefficient (Wildman–Crippen LogP) is 3.68. The molecule has 0 saturated carbocycles. The molecule has 0 radical (unpaired) electrons. The summed E-state index contributed by atoms with van der Waals surface area (Å²) in [5, 5.41) is 0.586. The molecule has 0 fully saturated rings. The first kappa shape index (κ1) is 17.7. The molecule has 4 aromatic rings. The summed E-state index contributed by atoms with van der Waals surface area (Å²) in [6, 6.07) is 10.9. The molecule has 0 spiro atoms. The number of aromatic nitrogens is 3. The van der Waals surface area contributed by atoms with E-state index in [-0.39, 0.29) is 5.43 Å². The van der Waals surface area contributed by atoms with E-state index >= 15 is 0 Å². The Kier molecular flexibility index (Phi) is 4.19. The summed E-state index contributed by atoms with van der Waals surface area (Å²) >= 11 is 0. The Bertz CT molecular complexity index is 1220. The van der Waals surface area contributed by atoms with Gasteiger partial charge in [-0.05, 0) is 37.0 Å². The summed E-state index contributed by atoms with van der Waals surface area (Å²) in [7, 11) is 2.08. The van der Waals surface area contributed by atoms with Crippen molar-refractivity contribution in [1.82, 2.24) is 14.5 Å². The van der Waals surface area contributed by atoms with Gasteiger partial charge in [0.25, 0.3) is 0 Å². The van der Waals surface area contributed by atoms with Gasteiger partial charge in [0, 0.05) is 25.8 Å². The minimum Gasteiger partial charge on any atom is -0.444 e. The van der Waals surface area contributed by atoms with Crippen LogP contribution in [0.4, 0.5) is 5.69 Å². The zero-order valence-electron chi connectivity index (χ0n) is 16.5. The van der Waals surface area contributed by atoms with Gasteiger partial charge in [-0.1, -0.05) is 24.3 Å². The summed E-state index contributed by atoms with van der Waals surface area (Å²) in [6.45, 7) is 2.73. The van der Waals surface area contributed by atoms with Crippen molar-refractivity contribution in [2.75, 3.05) is 11.9 Å². The van der Waals surface area contributed by atoms with Crippen LogP contribution in [0.5, 0.6) is 0 Å². The summed E-state index contributed by atoms with van der Waals surface area (Å²) < 4.78 is 7.35. The largest absolute Gasteiger partial charge is 0.444 e. The van der Waals surface area contributed by atoms with E-state index in [2.05, 4.69) is 46.2 Å². The molecule has 0 N–H and O–H groups in total. The van der Waals surface area contributed by atoms with Crippen LogP contribution >= 0.6 is 0 Å². The second kappa shape index (κ2) is 6.88. The number of fused-ring (bicyclic) bond motifs is 2. The number of anilines is 1. The number of benzene rings is 1. The molecule has 0 saturated heterocycles. The molecule has 0 atom stereocenters. The Morgan fingerprint density at radius 2 is 1.97 bits per heavy atom. The fourth-order valence-electron chi connectivity index (χ4n) is 4.23. The Morgan fingerprint density at radius 3 is 2.62 bits per heavy atom. The van der Waals surface area contributed by atoms with Gasteiger partial charge in [-0.3, -0.25) is 4.79 Å². The van der Waals surface area contributed by atoms with Crippen molar-refractivity contribution >= 4 is 16.7 Å². The second-order valence-corrected chi connectivity index (χ2v) is 7.50. The van der Waals surface area contributed by atoms with Crippen LogP contribution in [0.25, 0.3) is 22.5 Å². The van der Waals surface area contributed by atoms with Crippen LogP contribution < -0.4 is 10.3 Å². The van der Waals surface area contributed by atoms with Gasteiger partial charge in [-0.15, -0.1) is 0 Å². The molecule has 1 aliphatic carbocycles. The quantitative estimate of drug-likeness (QED) is 0.535. The molecular weight excluding hydrogens is 364 g/mol. The fourth-order valence-corrected chi connectivity index (χ4v) is 4.23. The summed E-state index contributed by atoms with van der Waals surface area (Å²) in [5.41, 5.74) is 4.78. The van der Waals surface area contributed by atoms with Crippen LogP contribution in [0.1, 0.15) is 18.1 Å². The van der Waals surface area contributed by atoms with Crippen molar-refractivity contribution in [3.63, 3.8) is 0 Å². The van der Waals surface area contributed by atoms with Gasteiger partial charge >= 0.3 is 0 Å². The average molecular weight is 386 g/mol. The summed E-state index contributed by atoms with van der Waals surface area (Å²) in [4.78, 5) is 24.2. The lowest BCUT2D eigenvalue weighted by Gasteiger charge is -2.26. The van der Waals surface area contributed by atoms with Crippen LogP contribution in [0.2, 0.25) is 0 Å². The van der Waals surface area contributed by atoms with Crippen LogP contribution in [-0.4, -0.2) is 27.6 Å². The van der Waals surface area contributed by atoms with E-state index in [0.29, 0.717) is 35.1 Å². The van der Waals surface area contributed by atoms with Crippen molar-refractivity contribution in [3.05, 3.63) is 76.5 Å². The van der Waals surface area contributed by atoms with Gasteiger partial charge in [-0.2, -0.15) is 0 Å². The number of nitrogens with zero attached hydrogens (tertiary/aromatic N) is 4. The van der Waals surface area contributed by atoms with E-state index in [4.69, 9.17) is 4.42 Å². The highest BCUT2D eigenvalue weighted by atomic mass is 16.3. The van der Waals surface area contributed by atoms with E-state index in [9.17, 15) is 4.79 Å². The lowest BCUT2D eigenvalue weighted by atomic mass is 10.1. The smallest absolute Gasteiger partial charge is 0.231 e. The zero-order chi connectivity index (χ0) is 20.0. The molecule has 1 aromatic carbocycles. The van der Waals surface area contributed by atoms with E-state index < -0.39 is 0 Å². The van der Waals surface area contributed by atoms with Crippen LogP contribution in [0, 0.1) is 0 Å². The van der Waals surface area contributed by atoms with Crippen molar-refractivity contribution in [2.45, 2.75) is 32.4 Å². The molecule has 0 bridgehead atoms. The first-order chi connectivity index (χ1) is 14.2. The molecule has 0 unspecified atom stereocenters. The third-order valence-corrected chi connectivity index (χ3v) is 5.89. The summed E-state index contributed by atoms with van der Waals surface area (Å²) in [5.74, 6) is 0.337. The molecule has 146 valence electrons. The summed E-state index contributed by atoms with van der Waals surface area (Å²) in [6.07, 6.45) is 8.67. The maximum atomic E-state index is 13.2. The average Bonchev–Trinajstić information content (AvgIpc) is 3.43. The topological polar surface area (TPSA) is 64.2 Å². The Hall–Kier alpha value is -3.41. The Balaban J connectivity index is 1.58. The highest BCUT2D eigenvalue weighted by molar-refractivity contribution is 5.82. The molecule has 6 nitrogen and oxygen atoms in total. The first-order valence-corrected chi connectivity index (χ1v) is 9.88.